The molecule has 2 aliphatic rings. The zero-order valence-corrected chi connectivity index (χ0v) is 10.4. The lowest BCUT2D eigenvalue weighted by atomic mass is 9.78. The summed E-state index contributed by atoms with van der Waals surface area (Å²) in [5, 5.41) is 0. The van der Waals surface area contributed by atoms with Gasteiger partial charge in [-0.1, -0.05) is 12.2 Å². The van der Waals surface area contributed by atoms with E-state index in [1.165, 1.54) is 0 Å². The van der Waals surface area contributed by atoms with Crippen molar-refractivity contribution in [1.82, 2.24) is 4.90 Å². The van der Waals surface area contributed by atoms with Gasteiger partial charge in [0, 0.05) is 26.3 Å². The lowest BCUT2D eigenvalue weighted by Crippen LogP contribution is -2.52. The molecule has 5 heteroatoms. The topological polar surface area (TPSA) is 55.6 Å². The molecule has 16 heavy (non-hydrogen) atoms. The number of rotatable bonds is 3. The van der Waals surface area contributed by atoms with Gasteiger partial charge in [0.15, 0.2) is 0 Å². The van der Waals surface area contributed by atoms with E-state index in [-0.39, 0.29) is 5.91 Å². The fourth-order valence-corrected chi connectivity index (χ4v) is 2.54. The highest BCUT2D eigenvalue weighted by Crippen LogP contribution is 2.36. The van der Waals surface area contributed by atoms with Crippen molar-refractivity contribution in [2.45, 2.75) is 31.7 Å². The van der Waals surface area contributed by atoms with Gasteiger partial charge in [0.25, 0.3) is 0 Å². The van der Waals surface area contributed by atoms with Crippen molar-refractivity contribution in [3.8, 4) is 0 Å². The highest BCUT2D eigenvalue weighted by Gasteiger charge is 2.47. The molecule has 1 aliphatic heterocycles. The smallest absolute Gasteiger partial charge is 0.235 e. The minimum Gasteiger partial charge on any atom is -0.392 e. The molecule has 0 aromatic heterocycles. The molecule has 0 radical (unpaired) electrons. The first-order valence-corrected chi connectivity index (χ1v) is 6.14. The molecule has 1 heterocycles. The summed E-state index contributed by atoms with van der Waals surface area (Å²) in [6.45, 7) is 1.14. The largest absolute Gasteiger partial charge is 0.392 e. The van der Waals surface area contributed by atoms with Crippen molar-refractivity contribution in [3.63, 3.8) is 0 Å². The number of nitrogens with two attached hydrogens (primary N) is 1. The minimum atomic E-state index is -0.648. The second-order valence-electron chi connectivity index (χ2n) is 4.71. The van der Waals surface area contributed by atoms with Gasteiger partial charge in [-0.2, -0.15) is 0 Å². The summed E-state index contributed by atoms with van der Waals surface area (Å²) in [7, 11) is 1.86. The number of hydrogen-bond donors (Lipinski definition) is 1. The molecule has 1 saturated heterocycles. The summed E-state index contributed by atoms with van der Waals surface area (Å²) < 4.78 is 5.29. The molecule has 0 spiro atoms. The van der Waals surface area contributed by atoms with Crippen LogP contribution in [-0.2, 0) is 9.53 Å². The van der Waals surface area contributed by atoms with E-state index in [1.807, 2.05) is 11.9 Å². The normalized spacial score (nSPS) is 23.8. The second kappa shape index (κ2) is 4.30. The number of thiocarbonyl (C=S) groups is 1. The molecule has 0 aromatic rings. The SMILES string of the molecule is CN(C(=O)C1(C(N)=S)CCOCC1)C1CC1. The van der Waals surface area contributed by atoms with E-state index < -0.39 is 5.41 Å². The third-order valence-corrected chi connectivity index (χ3v) is 4.03. The average Bonchev–Trinajstić information content (AvgIpc) is 3.11. The van der Waals surface area contributed by atoms with Crippen LogP contribution in [0.2, 0.25) is 0 Å². The molecule has 2 rings (SSSR count). The first kappa shape index (κ1) is 11.8. The van der Waals surface area contributed by atoms with Crippen LogP contribution in [0.3, 0.4) is 0 Å². The summed E-state index contributed by atoms with van der Waals surface area (Å²) in [5.74, 6) is 0.0887. The van der Waals surface area contributed by atoms with Gasteiger partial charge in [-0.05, 0) is 25.7 Å². The molecule has 1 amide bonds. The lowest BCUT2D eigenvalue weighted by molar-refractivity contribution is -0.141. The van der Waals surface area contributed by atoms with Crippen LogP contribution in [0.5, 0.6) is 0 Å². The first-order valence-electron chi connectivity index (χ1n) is 5.73. The van der Waals surface area contributed by atoms with E-state index in [0.29, 0.717) is 37.1 Å². The highest BCUT2D eigenvalue weighted by molar-refractivity contribution is 7.80. The lowest BCUT2D eigenvalue weighted by Gasteiger charge is -2.37. The zero-order valence-electron chi connectivity index (χ0n) is 9.57. The predicted molar refractivity (Wildman–Crippen MR) is 65.1 cm³/mol. The van der Waals surface area contributed by atoms with Crippen molar-refractivity contribution >= 4 is 23.1 Å². The molecule has 0 bridgehead atoms. The summed E-state index contributed by atoms with van der Waals surface area (Å²) in [6, 6.07) is 0.404. The fourth-order valence-electron chi connectivity index (χ4n) is 2.25. The third-order valence-electron chi connectivity index (χ3n) is 3.64. The Morgan fingerprint density at radius 1 is 1.44 bits per heavy atom. The van der Waals surface area contributed by atoms with Crippen LogP contribution in [0.4, 0.5) is 0 Å². The van der Waals surface area contributed by atoms with Gasteiger partial charge in [0.05, 0.1) is 4.99 Å². The molecular weight excluding hydrogens is 224 g/mol. The maximum absolute atomic E-state index is 12.4. The van der Waals surface area contributed by atoms with E-state index in [4.69, 9.17) is 22.7 Å². The monoisotopic (exact) mass is 242 g/mol. The number of carbonyl (C=O) groups is 1. The van der Waals surface area contributed by atoms with Gasteiger partial charge in [-0.25, -0.2) is 0 Å². The highest BCUT2D eigenvalue weighted by atomic mass is 32.1. The number of carbonyl (C=O) groups excluding carboxylic acids is 1. The van der Waals surface area contributed by atoms with Crippen molar-refractivity contribution < 1.29 is 9.53 Å². The van der Waals surface area contributed by atoms with Gasteiger partial charge in [0.2, 0.25) is 5.91 Å². The fraction of sp³-hybridized carbons (Fsp3) is 0.818. The van der Waals surface area contributed by atoms with Crippen LogP contribution in [-0.4, -0.2) is 42.1 Å². The predicted octanol–water partition coefficient (Wildman–Crippen LogP) is 0.690. The van der Waals surface area contributed by atoms with Crippen molar-refractivity contribution in [2.24, 2.45) is 11.1 Å². The molecule has 1 saturated carbocycles. The molecule has 4 nitrogen and oxygen atoms in total. The number of nitrogens with zero attached hydrogens (tertiary/aromatic N) is 1. The Morgan fingerprint density at radius 2 is 2.00 bits per heavy atom. The quantitative estimate of drug-likeness (QED) is 0.740. The summed E-state index contributed by atoms with van der Waals surface area (Å²) in [5.41, 5.74) is 5.14. The van der Waals surface area contributed by atoms with Crippen LogP contribution >= 0.6 is 12.2 Å². The molecule has 1 aliphatic carbocycles. The Bertz CT molecular complexity index is 309. The van der Waals surface area contributed by atoms with E-state index >= 15 is 0 Å². The summed E-state index contributed by atoms with van der Waals surface area (Å²) in [6.07, 6.45) is 3.45. The molecule has 0 unspecified atom stereocenters. The molecule has 90 valence electrons. The van der Waals surface area contributed by atoms with E-state index in [1.54, 1.807) is 0 Å². The van der Waals surface area contributed by atoms with E-state index in [0.717, 1.165) is 12.8 Å². The van der Waals surface area contributed by atoms with E-state index in [9.17, 15) is 4.79 Å². The second-order valence-corrected chi connectivity index (χ2v) is 5.15. The van der Waals surface area contributed by atoms with Gasteiger partial charge in [-0.3, -0.25) is 4.79 Å². The number of ether oxygens (including phenoxy) is 1. The summed E-state index contributed by atoms with van der Waals surface area (Å²) in [4.78, 5) is 14.6. The van der Waals surface area contributed by atoms with E-state index in [2.05, 4.69) is 0 Å². The van der Waals surface area contributed by atoms with Crippen LogP contribution < -0.4 is 5.73 Å². The van der Waals surface area contributed by atoms with Crippen LogP contribution in [0.15, 0.2) is 0 Å². The standard InChI is InChI=1S/C11H18N2O2S/c1-13(8-2-3-8)10(14)11(9(12)16)4-6-15-7-5-11/h8H,2-7H2,1H3,(H2,12,16). The van der Waals surface area contributed by atoms with Crippen LogP contribution in [0, 0.1) is 5.41 Å². The Kier molecular flexibility index (Phi) is 3.17. The van der Waals surface area contributed by atoms with Gasteiger partial charge < -0.3 is 15.4 Å². The van der Waals surface area contributed by atoms with Crippen LogP contribution in [0.25, 0.3) is 0 Å². The third kappa shape index (κ3) is 1.94. The maximum atomic E-state index is 12.4. The average molecular weight is 242 g/mol. The molecule has 2 fully saturated rings. The first-order chi connectivity index (χ1) is 7.58. The van der Waals surface area contributed by atoms with Crippen molar-refractivity contribution in [3.05, 3.63) is 0 Å². The van der Waals surface area contributed by atoms with Crippen molar-refractivity contribution in [1.29, 1.82) is 0 Å². The Morgan fingerprint density at radius 3 is 2.44 bits per heavy atom. The Labute approximate surface area is 101 Å². The molecule has 0 atom stereocenters. The number of amides is 1. The van der Waals surface area contributed by atoms with Crippen molar-refractivity contribution in [2.75, 3.05) is 20.3 Å². The van der Waals surface area contributed by atoms with Crippen LogP contribution in [0.1, 0.15) is 25.7 Å². The zero-order chi connectivity index (χ0) is 11.8. The summed E-state index contributed by atoms with van der Waals surface area (Å²) >= 11 is 5.10. The van der Waals surface area contributed by atoms with Gasteiger partial charge in [-0.15, -0.1) is 0 Å². The van der Waals surface area contributed by atoms with Gasteiger partial charge >= 0.3 is 0 Å². The maximum Gasteiger partial charge on any atom is 0.235 e. The molecule has 0 aromatic carbocycles. The Hall–Kier alpha value is -0.680. The number of hydrogen-bond acceptors (Lipinski definition) is 3. The minimum absolute atomic E-state index is 0.0887. The Balaban J connectivity index is 2.17. The van der Waals surface area contributed by atoms with Gasteiger partial charge in [0.1, 0.15) is 5.41 Å². The molecule has 2 N–H and O–H groups in total. The molecular formula is C11H18N2O2S.